The van der Waals surface area contributed by atoms with E-state index in [-0.39, 0.29) is 12.2 Å². The first-order chi connectivity index (χ1) is 8.99. The predicted octanol–water partition coefficient (Wildman–Crippen LogP) is 1.09. The number of methoxy groups -OCH3 is 1. The van der Waals surface area contributed by atoms with Crippen molar-refractivity contribution in [2.75, 3.05) is 33.2 Å². The first-order valence-electron chi connectivity index (χ1n) is 6.05. The third-order valence-corrected chi connectivity index (χ3v) is 2.93. The molecule has 19 heavy (non-hydrogen) atoms. The molecule has 0 spiro atoms. The molecule has 1 atom stereocenters. The highest BCUT2D eigenvalue weighted by molar-refractivity contribution is 6.02. The number of carbonyl (C=O) groups excluding carboxylic acids is 2. The number of likely N-dealkylation sites (N-methyl/N-ethyl adjacent to an activating group) is 1. The van der Waals surface area contributed by atoms with Crippen LogP contribution in [0.2, 0.25) is 0 Å². The second-order valence-corrected chi connectivity index (χ2v) is 4.43. The van der Waals surface area contributed by atoms with E-state index in [1.54, 1.807) is 19.2 Å². The standard InChI is InChI=1S/C14H20N2O3/c1-15-12(9-13(17)19-4)14(18)10-5-7-11(8-6-10)16(2)3/h5-8,12,15H,9H2,1-4H3. The average Bonchev–Trinajstić information content (AvgIpc) is 2.43. The number of anilines is 1. The SMILES string of the molecule is CNC(CC(=O)OC)C(=O)c1ccc(N(C)C)cc1. The zero-order valence-electron chi connectivity index (χ0n) is 11.8. The molecule has 0 saturated carbocycles. The van der Waals surface area contributed by atoms with Crippen LogP contribution in [0.25, 0.3) is 0 Å². The minimum absolute atomic E-state index is 0.0290. The second kappa shape index (κ2) is 6.89. The Morgan fingerprint density at radius 2 is 1.84 bits per heavy atom. The van der Waals surface area contributed by atoms with Gasteiger partial charge in [-0.25, -0.2) is 0 Å². The van der Waals surface area contributed by atoms with Crippen LogP contribution in [0.5, 0.6) is 0 Å². The Morgan fingerprint density at radius 1 is 1.26 bits per heavy atom. The molecule has 1 aromatic carbocycles. The summed E-state index contributed by atoms with van der Waals surface area (Å²) in [5, 5.41) is 2.84. The summed E-state index contributed by atoms with van der Waals surface area (Å²) >= 11 is 0. The van der Waals surface area contributed by atoms with Gasteiger partial charge in [0.2, 0.25) is 0 Å². The number of benzene rings is 1. The number of nitrogens with one attached hydrogen (secondary N) is 1. The zero-order chi connectivity index (χ0) is 14.4. The fraction of sp³-hybridized carbons (Fsp3) is 0.429. The minimum atomic E-state index is -0.558. The van der Waals surface area contributed by atoms with Crippen LogP contribution in [-0.4, -0.2) is 46.0 Å². The van der Waals surface area contributed by atoms with Gasteiger partial charge in [-0.1, -0.05) is 0 Å². The minimum Gasteiger partial charge on any atom is -0.469 e. The molecule has 1 aromatic rings. The van der Waals surface area contributed by atoms with Crippen molar-refractivity contribution in [2.45, 2.75) is 12.5 Å². The maximum atomic E-state index is 12.2. The first-order valence-corrected chi connectivity index (χ1v) is 6.05. The van der Waals surface area contributed by atoms with Gasteiger partial charge in [-0.15, -0.1) is 0 Å². The molecule has 1 unspecified atom stereocenters. The lowest BCUT2D eigenvalue weighted by molar-refractivity contribution is -0.140. The Labute approximate surface area is 113 Å². The molecule has 0 radical (unpaired) electrons. The quantitative estimate of drug-likeness (QED) is 0.615. The summed E-state index contributed by atoms with van der Waals surface area (Å²) in [5.74, 6) is -0.518. The molecule has 5 heteroatoms. The Hall–Kier alpha value is -1.88. The molecule has 0 amide bonds. The highest BCUT2D eigenvalue weighted by Crippen LogP contribution is 2.14. The van der Waals surface area contributed by atoms with Gasteiger partial charge in [0.25, 0.3) is 0 Å². The summed E-state index contributed by atoms with van der Waals surface area (Å²) in [6, 6.07) is 6.71. The summed E-state index contributed by atoms with van der Waals surface area (Å²) in [5.41, 5.74) is 1.60. The van der Waals surface area contributed by atoms with Crippen molar-refractivity contribution in [1.82, 2.24) is 5.32 Å². The van der Waals surface area contributed by atoms with Crippen LogP contribution in [0.4, 0.5) is 5.69 Å². The maximum absolute atomic E-state index is 12.2. The lowest BCUT2D eigenvalue weighted by atomic mass is 10.0. The third kappa shape index (κ3) is 4.06. The van der Waals surface area contributed by atoms with Crippen LogP contribution in [0, 0.1) is 0 Å². The fourth-order valence-electron chi connectivity index (χ4n) is 1.70. The van der Waals surface area contributed by atoms with Crippen molar-refractivity contribution >= 4 is 17.4 Å². The van der Waals surface area contributed by atoms with Crippen molar-refractivity contribution in [3.8, 4) is 0 Å². The van der Waals surface area contributed by atoms with Crippen molar-refractivity contribution in [2.24, 2.45) is 0 Å². The van der Waals surface area contributed by atoms with Crippen LogP contribution < -0.4 is 10.2 Å². The molecule has 0 aromatic heterocycles. The molecule has 1 rings (SSSR count). The van der Waals surface area contributed by atoms with Crippen molar-refractivity contribution in [3.63, 3.8) is 0 Å². The number of ketones is 1. The van der Waals surface area contributed by atoms with Crippen LogP contribution in [0.15, 0.2) is 24.3 Å². The summed E-state index contributed by atoms with van der Waals surface area (Å²) in [6.45, 7) is 0. The number of esters is 1. The van der Waals surface area contributed by atoms with Gasteiger partial charge in [-0.2, -0.15) is 0 Å². The van der Waals surface area contributed by atoms with Gasteiger partial charge in [0.1, 0.15) is 0 Å². The van der Waals surface area contributed by atoms with Crippen LogP contribution >= 0.6 is 0 Å². The van der Waals surface area contributed by atoms with E-state index in [1.165, 1.54) is 7.11 Å². The smallest absolute Gasteiger partial charge is 0.307 e. The Balaban J connectivity index is 2.82. The molecule has 104 valence electrons. The molecule has 0 fully saturated rings. The van der Waals surface area contributed by atoms with E-state index in [4.69, 9.17) is 0 Å². The van der Waals surface area contributed by atoms with E-state index in [0.29, 0.717) is 5.56 Å². The first kappa shape index (κ1) is 15.2. The Morgan fingerprint density at radius 3 is 2.26 bits per heavy atom. The number of hydrogen-bond acceptors (Lipinski definition) is 5. The Bertz CT molecular complexity index is 441. The lowest BCUT2D eigenvalue weighted by Crippen LogP contribution is -2.36. The molecule has 1 N–H and O–H groups in total. The fourth-order valence-corrected chi connectivity index (χ4v) is 1.70. The van der Waals surface area contributed by atoms with Crippen LogP contribution in [-0.2, 0) is 9.53 Å². The van der Waals surface area contributed by atoms with Gasteiger partial charge in [0, 0.05) is 25.3 Å². The molecular weight excluding hydrogens is 244 g/mol. The maximum Gasteiger partial charge on any atom is 0.307 e. The highest BCUT2D eigenvalue weighted by Gasteiger charge is 2.21. The van der Waals surface area contributed by atoms with Gasteiger partial charge in [0.15, 0.2) is 5.78 Å². The van der Waals surface area contributed by atoms with E-state index in [2.05, 4.69) is 10.1 Å². The average molecular weight is 264 g/mol. The van der Waals surface area contributed by atoms with E-state index in [1.807, 2.05) is 31.1 Å². The molecular formula is C14H20N2O3. The number of nitrogens with zero attached hydrogens (tertiary/aromatic N) is 1. The monoisotopic (exact) mass is 264 g/mol. The second-order valence-electron chi connectivity index (χ2n) is 4.43. The molecule has 0 heterocycles. The normalized spacial score (nSPS) is 11.8. The topological polar surface area (TPSA) is 58.6 Å². The van der Waals surface area contributed by atoms with Crippen molar-refractivity contribution < 1.29 is 14.3 Å². The van der Waals surface area contributed by atoms with Gasteiger partial charge < -0.3 is 15.0 Å². The van der Waals surface area contributed by atoms with E-state index in [9.17, 15) is 9.59 Å². The molecule has 0 aliphatic heterocycles. The lowest BCUT2D eigenvalue weighted by Gasteiger charge is -2.15. The van der Waals surface area contributed by atoms with E-state index < -0.39 is 12.0 Å². The highest BCUT2D eigenvalue weighted by atomic mass is 16.5. The number of hydrogen-bond donors (Lipinski definition) is 1. The van der Waals surface area contributed by atoms with E-state index >= 15 is 0 Å². The summed E-state index contributed by atoms with van der Waals surface area (Å²) in [4.78, 5) is 25.4. The molecule has 0 aliphatic carbocycles. The number of ether oxygens (including phenoxy) is 1. The largest absolute Gasteiger partial charge is 0.469 e. The molecule has 0 bridgehead atoms. The predicted molar refractivity (Wildman–Crippen MR) is 74.6 cm³/mol. The molecule has 0 saturated heterocycles. The summed E-state index contributed by atoms with van der Waals surface area (Å²) < 4.78 is 4.58. The molecule has 0 aliphatic rings. The summed E-state index contributed by atoms with van der Waals surface area (Å²) in [7, 11) is 6.83. The van der Waals surface area contributed by atoms with Gasteiger partial charge in [0.05, 0.1) is 19.6 Å². The van der Waals surface area contributed by atoms with Gasteiger partial charge >= 0.3 is 5.97 Å². The van der Waals surface area contributed by atoms with Crippen LogP contribution in [0.3, 0.4) is 0 Å². The van der Waals surface area contributed by atoms with Crippen LogP contribution in [0.1, 0.15) is 16.8 Å². The Kier molecular flexibility index (Phi) is 5.51. The van der Waals surface area contributed by atoms with Gasteiger partial charge in [-0.05, 0) is 31.3 Å². The number of carbonyl (C=O) groups is 2. The zero-order valence-corrected chi connectivity index (χ0v) is 11.8. The number of Topliss-reactive ketones (excluding diaryl/α,β-unsaturated/α-hetero) is 1. The van der Waals surface area contributed by atoms with Gasteiger partial charge in [-0.3, -0.25) is 9.59 Å². The number of rotatable bonds is 6. The molecule has 5 nitrogen and oxygen atoms in total. The van der Waals surface area contributed by atoms with Crippen molar-refractivity contribution in [1.29, 1.82) is 0 Å². The summed E-state index contributed by atoms with van der Waals surface area (Å²) in [6.07, 6.45) is 0.0290. The van der Waals surface area contributed by atoms with E-state index in [0.717, 1.165) is 5.69 Å². The van der Waals surface area contributed by atoms with Crippen molar-refractivity contribution in [3.05, 3.63) is 29.8 Å². The third-order valence-electron chi connectivity index (χ3n) is 2.93.